The second-order valence-corrected chi connectivity index (χ2v) is 8.88. The zero-order valence-corrected chi connectivity index (χ0v) is 19.0. The van der Waals surface area contributed by atoms with E-state index in [2.05, 4.69) is 33.2 Å². The molecule has 1 aromatic rings. The number of rotatable bonds is 8. The van der Waals surface area contributed by atoms with Crippen LogP contribution in [0.5, 0.6) is 0 Å². The number of benzene rings is 1. The fourth-order valence-corrected chi connectivity index (χ4v) is 4.91. The van der Waals surface area contributed by atoms with Gasteiger partial charge in [0.15, 0.2) is 0 Å². The molecule has 1 fully saturated rings. The number of likely N-dealkylation sites (tertiary alicyclic amines) is 1. The van der Waals surface area contributed by atoms with Gasteiger partial charge >= 0.3 is 0 Å². The Morgan fingerprint density at radius 2 is 2.19 bits per heavy atom. The van der Waals surface area contributed by atoms with E-state index >= 15 is 0 Å². The van der Waals surface area contributed by atoms with Gasteiger partial charge in [0.2, 0.25) is 0 Å². The summed E-state index contributed by atoms with van der Waals surface area (Å²) in [4.78, 5) is 19.9. The van der Waals surface area contributed by atoms with Gasteiger partial charge < -0.3 is 21.5 Å². The third-order valence-electron chi connectivity index (χ3n) is 7.04. The molecule has 0 radical (unpaired) electrons. The first-order chi connectivity index (χ1) is 14.8. The van der Waals surface area contributed by atoms with Crippen LogP contribution >= 0.6 is 0 Å². The number of aliphatic imine (C=N–C) groups is 1. The predicted octanol–water partition coefficient (Wildman–Crippen LogP) is 1.60. The second-order valence-electron chi connectivity index (χ2n) is 8.88. The first kappa shape index (κ1) is 23.3. The smallest absolute Gasteiger partial charge is 0.251 e. The Labute approximate surface area is 185 Å². The summed E-state index contributed by atoms with van der Waals surface area (Å²) in [5.74, 6) is 0.430. The van der Waals surface area contributed by atoms with Gasteiger partial charge in [0, 0.05) is 25.1 Å². The molecule has 3 unspecified atom stereocenters. The van der Waals surface area contributed by atoms with Crippen molar-refractivity contribution < 1.29 is 9.90 Å². The lowest BCUT2D eigenvalue weighted by Crippen LogP contribution is -2.59. The number of fused-ring (bicyclic) bond motifs is 1. The van der Waals surface area contributed by atoms with E-state index in [4.69, 9.17) is 5.73 Å². The molecule has 7 nitrogen and oxygen atoms in total. The SMILES string of the molecule is C=CNCC(N=C(N)CC)C1(C)[C@H](O)C(NC(=O)c2cccc3c2CCCC3)CN1C. The Morgan fingerprint density at radius 3 is 2.90 bits per heavy atom. The Hall–Kier alpha value is -2.38. The van der Waals surface area contributed by atoms with Crippen molar-refractivity contribution in [3.63, 3.8) is 0 Å². The Balaban J connectivity index is 1.82. The summed E-state index contributed by atoms with van der Waals surface area (Å²) in [5.41, 5.74) is 8.52. The molecule has 1 heterocycles. The average molecular weight is 428 g/mol. The minimum absolute atomic E-state index is 0.113. The molecule has 0 saturated carbocycles. The van der Waals surface area contributed by atoms with Crippen LogP contribution in [0.15, 0.2) is 36.0 Å². The number of likely N-dealkylation sites (N-methyl/N-ethyl adjacent to an activating group) is 1. The number of nitrogens with zero attached hydrogens (tertiary/aromatic N) is 2. The Bertz CT molecular complexity index is 839. The highest BCUT2D eigenvalue weighted by Gasteiger charge is 2.53. The molecule has 1 aromatic carbocycles. The Morgan fingerprint density at radius 1 is 1.45 bits per heavy atom. The largest absolute Gasteiger partial charge is 0.389 e. The molecule has 0 spiro atoms. The fraction of sp³-hybridized carbons (Fsp3) is 0.583. The number of aryl methyl sites for hydroxylation is 1. The molecule has 1 aliphatic heterocycles. The maximum atomic E-state index is 13.2. The molecule has 1 amide bonds. The number of amides is 1. The quantitative estimate of drug-likeness (QED) is 0.373. The lowest BCUT2D eigenvalue weighted by molar-refractivity contribution is 0.0273. The molecule has 170 valence electrons. The van der Waals surface area contributed by atoms with E-state index in [1.54, 1.807) is 6.20 Å². The van der Waals surface area contributed by atoms with Gasteiger partial charge in [-0.25, -0.2) is 0 Å². The fourth-order valence-electron chi connectivity index (χ4n) is 4.91. The van der Waals surface area contributed by atoms with E-state index in [9.17, 15) is 9.90 Å². The molecule has 3 rings (SSSR count). The predicted molar refractivity (Wildman–Crippen MR) is 125 cm³/mol. The van der Waals surface area contributed by atoms with Crippen molar-refractivity contribution in [3.05, 3.63) is 47.7 Å². The summed E-state index contributed by atoms with van der Waals surface area (Å²) in [6.45, 7) is 8.68. The van der Waals surface area contributed by atoms with Gasteiger partial charge in [-0.2, -0.15) is 0 Å². The van der Waals surface area contributed by atoms with E-state index in [1.807, 2.05) is 33.0 Å². The number of hydrogen-bond acceptors (Lipinski definition) is 5. The lowest BCUT2D eigenvalue weighted by Gasteiger charge is -2.40. The summed E-state index contributed by atoms with van der Waals surface area (Å²) < 4.78 is 0. The third-order valence-corrected chi connectivity index (χ3v) is 7.04. The van der Waals surface area contributed by atoms with Gasteiger partial charge in [0.05, 0.1) is 29.6 Å². The number of nitrogens with two attached hydrogens (primary N) is 1. The maximum absolute atomic E-state index is 13.2. The highest BCUT2D eigenvalue weighted by Crippen LogP contribution is 2.34. The van der Waals surface area contributed by atoms with Gasteiger partial charge in [-0.1, -0.05) is 25.6 Å². The maximum Gasteiger partial charge on any atom is 0.251 e. The van der Waals surface area contributed by atoms with Crippen LogP contribution in [0.25, 0.3) is 0 Å². The van der Waals surface area contributed by atoms with E-state index < -0.39 is 17.7 Å². The molecule has 31 heavy (non-hydrogen) atoms. The number of nitrogens with one attached hydrogen (secondary N) is 2. The summed E-state index contributed by atoms with van der Waals surface area (Å²) in [7, 11) is 1.96. The topological polar surface area (TPSA) is 103 Å². The van der Waals surface area contributed by atoms with Crippen LogP contribution in [0.2, 0.25) is 0 Å². The normalized spacial score (nSPS) is 27.4. The van der Waals surface area contributed by atoms with Crippen molar-refractivity contribution in [2.24, 2.45) is 10.7 Å². The van der Waals surface area contributed by atoms with Crippen LogP contribution in [0.3, 0.4) is 0 Å². The first-order valence-corrected chi connectivity index (χ1v) is 11.3. The standard InChI is InChI=1S/C24H37N5O2/c1-5-21(25)28-20(14-26-6-2)24(3)22(30)19(15-29(24)4)27-23(31)18-13-9-11-16-10-7-8-12-17(16)18/h6,9,11,13,19-20,22,26,30H,2,5,7-8,10,12,14-15H2,1,3-4H3,(H2,25,28)(H,27,31)/t19?,20?,22-,24?/m1/s1. The van der Waals surface area contributed by atoms with Gasteiger partial charge in [-0.15, -0.1) is 0 Å². The van der Waals surface area contributed by atoms with Crippen LogP contribution in [-0.4, -0.2) is 65.6 Å². The molecule has 5 N–H and O–H groups in total. The van der Waals surface area contributed by atoms with Crippen LogP contribution in [0.4, 0.5) is 0 Å². The van der Waals surface area contributed by atoms with Gasteiger partial charge in [0.1, 0.15) is 0 Å². The molecule has 2 aliphatic rings. The van der Waals surface area contributed by atoms with Crippen LogP contribution < -0.4 is 16.4 Å². The molecular formula is C24H37N5O2. The zero-order valence-electron chi connectivity index (χ0n) is 19.0. The van der Waals surface area contributed by atoms with E-state index in [-0.39, 0.29) is 11.9 Å². The van der Waals surface area contributed by atoms with E-state index in [1.165, 1.54) is 12.0 Å². The van der Waals surface area contributed by atoms with Crippen molar-refractivity contribution >= 4 is 11.7 Å². The summed E-state index contributed by atoms with van der Waals surface area (Å²) >= 11 is 0. The van der Waals surface area contributed by atoms with Crippen LogP contribution in [0.1, 0.15) is 54.6 Å². The van der Waals surface area contributed by atoms with Crippen molar-refractivity contribution in [3.8, 4) is 0 Å². The number of carbonyl (C=O) groups excluding carboxylic acids is 1. The summed E-state index contributed by atoms with van der Waals surface area (Å²) in [6.07, 6.45) is 5.70. The molecule has 0 aromatic heterocycles. The molecular weight excluding hydrogens is 390 g/mol. The molecule has 7 heteroatoms. The van der Waals surface area contributed by atoms with E-state index in [0.29, 0.717) is 25.3 Å². The van der Waals surface area contributed by atoms with Gasteiger partial charge in [-0.05, 0) is 63.0 Å². The zero-order chi connectivity index (χ0) is 22.6. The number of aliphatic hydroxyl groups is 1. The number of hydrogen-bond donors (Lipinski definition) is 4. The van der Waals surface area contributed by atoms with Crippen LogP contribution in [-0.2, 0) is 12.8 Å². The molecule has 1 saturated heterocycles. The van der Waals surface area contributed by atoms with Gasteiger partial charge in [0.25, 0.3) is 5.91 Å². The molecule has 1 aliphatic carbocycles. The first-order valence-electron chi connectivity index (χ1n) is 11.3. The highest BCUT2D eigenvalue weighted by molar-refractivity contribution is 5.96. The summed E-state index contributed by atoms with van der Waals surface area (Å²) in [6, 6.07) is 5.28. The number of carbonyl (C=O) groups is 1. The van der Waals surface area contributed by atoms with Crippen molar-refractivity contribution in [1.29, 1.82) is 0 Å². The van der Waals surface area contributed by atoms with Crippen molar-refractivity contribution in [2.45, 2.75) is 69.7 Å². The molecule has 4 atom stereocenters. The third kappa shape index (κ3) is 4.62. The van der Waals surface area contributed by atoms with Crippen molar-refractivity contribution in [2.75, 3.05) is 20.1 Å². The van der Waals surface area contributed by atoms with Gasteiger partial charge in [-0.3, -0.25) is 14.7 Å². The summed E-state index contributed by atoms with van der Waals surface area (Å²) in [5, 5.41) is 17.6. The monoisotopic (exact) mass is 427 g/mol. The number of aliphatic hydroxyl groups excluding tert-OH is 1. The minimum Gasteiger partial charge on any atom is -0.389 e. The average Bonchev–Trinajstić information content (AvgIpc) is 2.99. The minimum atomic E-state index is -0.800. The lowest BCUT2D eigenvalue weighted by atomic mass is 9.85. The Kier molecular flexibility index (Phi) is 7.38. The highest BCUT2D eigenvalue weighted by atomic mass is 16.3. The molecule has 0 bridgehead atoms. The van der Waals surface area contributed by atoms with E-state index in [0.717, 1.165) is 30.4 Å². The number of amidine groups is 1. The van der Waals surface area contributed by atoms with Crippen LogP contribution in [0, 0.1) is 0 Å². The van der Waals surface area contributed by atoms with Crippen molar-refractivity contribution in [1.82, 2.24) is 15.5 Å². The second kappa shape index (κ2) is 9.83.